The molecule has 1 saturated carbocycles. The van der Waals surface area contributed by atoms with Crippen molar-refractivity contribution < 1.29 is 9.47 Å². The Bertz CT molecular complexity index is 1010. The summed E-state index contributed by atoms with van der Waals surface area (Å²) in [5, 5.41) is 0. The Balaban J connectivity index is 0.00000205. The first-order valence-electron chi connectivity index (χ1n) is 9.95. The topological polar surface area (TPSA) is 39.0 Å². The largest absolute Gasteiger partial charge is 0.495 e. The van der Waals surface area contributed by atoms with Crippen LogP contribution in [0.4, 0.5) is 5.69 Å². The summed E-state index contributed by atoms with van der Waals surface area (Å²) in [6.45, 7) is 3.02. The Labute approximate surface area is 189 Å². The van der Waals surface area contributed by atoms with E-state index in [2.05, 4.69) is 49.8 Å². The Morgan fingerprint density at radius 3 is 2.66 bits per heavy atom. The highest BCUT2D eigenvalue weighted by molar-refractivity contribution is 9.10. The average Bonchev–Trinajstić information content (AvgIpc) is 3.19. The van der Waals surface area contributed by atoms with Crippen molar-refractivity contribution in [2.75, 3.05) is 31.7 Å². The minimum absolute atomic E-state index is 0. The van der Waals surface area contributed by atoms with E-state index >= 15 is 0 Å². The maximum atomic E-state index is 6.16. The molecule has 3 aromatic rings. The van der Waals surface area contributed by atoms with Crippen molar-refractivity contribution in [3.8, 4) is 22.8 Å². The van der Waals surface area contributed by atoms with Gasteiger partial charge in [0.1, 0.15) is 17.1 Å². The third kappa shape index (κ3) is 4.26. The molecule has 0 atom stereocenters. The van der Waals surface area contributed by atoms with E-state index in [0.717, 1.165) is 52.6 Å². The third-order valence-electron chi connectivity index (χ3n) is 5.62. The number of hydrogen-bond acceptors (Lipinski definition) is 4. The summed E-state index contributed by atoms with van der Waals surface area (Å²) in [7, 11) is 1.68. The van der Waals surface area contributed by atoms with E-state index in [9.17, 15) is 0 Å². The van der Waals surface area contributed by atoms with Gasteiger partial charge in [0.25, 0.3) is 0 Å². The van der Waals surface area contributed by atoms with Crippen LogP contribution in [0, 0.1) is 5.92 Å². The second kappa shape index (κ2) is 8.56. The number of hydrogen-bond donors (Lipinski definition) is 0. The van der Waals surface area contributed by atoms with Crippen molar-refractivity contribution in [2.45, 2.75) is 25.7 Å². The molecule has 1 saturated heterocycles. The van der Waals surface area contributed by atoms with Gasteiger partial charge in [-0.25, -0.2) is 4.98 Å². The molecule has 2 fully saturated rings. The number of nitrogens with zero attached hydrogens (tertiary/aromatic N) is 3. The van der Waals surface area contributed by atoms with Crippen LogP contribution >= 0.6 is 32.9 Å². The molecule has 7 heteroatoms. The zero-order valence-corrected chi connectivity index (χ0v) is 19.7. The molecular formula is C22H25Br2N3O2. The van der Waals surface area contributed by atoms with Gasteiger partial charge < -0.3 is 18.8 Å². The van der Waals surface area contributed by atoms with E-state index in [1.54, 1.807) is 7.11 Å². The Kier molecular flexibility index (Phi) is 6.06. The molecule has 2 aliphatic rings. The highest BCUT2D eigenvalue weighted by Crippen LogP contribution is 2.40. The number of imidazole rings is 1. The molecule has 1 aromatic carbocycles. The van der Waals surface area contributed by atoms with Gasteiger partial charge in [0.2, 0.25) is 0 Å². The first-order chi connectivity index (χ1) is 13.7. The van der Waals surface area contributed by atoms with Gasteiger partial charge in [-0.05, 0) is 59.7 Å². The van der Waals surface area contributed by atoms with Crippen molar-refractivity contribution in [1.82, 2.24) is 9.38 Å². The normalized spacial score (nSPS) is 16.1. The van der Waals surface area contributed by atoms with Crippen LogP contribution in [0.5, 0.6) is 11.5 Å². The van der Waals surface area contributed by atoms with Gasteiger partial charge in [-0.3, -0.25) is 0 Å². The Morgan fingerprint density at radius 1 is 1.14 bits per heavy atom. The molecule has 29 heavy (non-hydrogen) atoms. The summed E-state index contributed by atoms with van der Waals surface area (Å²) < 4.78 is 14.6. The number of halogens is 2. The lowest BCUT2D eigenvalue weighted by atomic mass is 10.1. The number of benzene rings is 1. The molecule has 0 spiro atoms. The molecule has 2 aromatic heterocycles. The van der Waals surface area contributed by atoms with Crippen LogP contribution < -0.4 is 14.4 Å². The van der Waals surface area contributed by atoms with Crippen molar-refractivity contribution in [3.05, 3.63) is 41.1 Å². The molecule has 0 unspecified atom stereocenters. The lowest BCUT2D eigenvalue weighted by molar-refractivity contribution is 0.298. The lowest BCUT2D eigenvalue weighted by Gasteiger charge is -2.17. The first kappa shape index (κ1) is 20.5. The summed E-state index contributed by atoms with van der Waals surface area (Å²) in [6.07, 6.45) is 9.23. The molecule has 0 N–H and O–H groups in total. The van der Waals surface area contributed by atoms with Gasteiger partial charge in [0.15, 0.2) is 0 Å². The zero-order chi connectivity index (χ0) is 19.1. The van der Waals surface area contributed by atoms with E-state index in [0.29, 0.717) is 5.92 Å². The van der Waals surface area contributed by atoms with Gasteiger partial charge in [0, 0.05) is 48.9 Å². The molecule has 1 aliphatic heterocycles. The van der Waals surface area contributed by atoms with E-state index in [-0.39, 0.29) is 17.0 Å². The van der Waals surface area contributed by atoms with Crippen molar-refractivity contribution in [3.63, 3.8) is 0 Å². The highest BCUT2D eigenvalue weighted by Gasteiger charge is 2.23. The highest BCUT2D eigenvalue weighted by atomic mass is 79.9. The number of ether oxygens (including phenoxy) is 2. The van der Waals surface area contributed by atoms with Crippen molar-refractivity contribution in [1.29, 1.82) is 0 Å². The van der Waals surface area contributed by atoms with Crippen molar-refractivity contribution in [2.24, 2.45) is 5.92 Å². The van der Waals surface area contributed by atoms with Crippen LogP contribution in [-0.2, 0) is 0 Å². The monoisotopic (exact) mass is 521 g/mol. The fourth-order valence-corrected chi connectivity index (χ4v) is 4.28. The number of pyridine rings is 1. The van der Waals surface area contributed by atoms with Gasteiger partial charge in [-0.15, -0.1) is 17.0 Å². The fraction of sp³-hybridized carbons (Fsp3) is 0.409. The smallest absolute Gasteiger partial charge is 0.139 e. The summed E-state index contributed by atoms with van der Waals surface area (Å²) >= 11 is 3.61. The van der Waals surface area contributed by atoms with E-state index in [1.807, 2.05) is 12.1 Å². The Morgan fingerprint density at radius 2 is 1.93 bits per heavy atom. The summed E-state index contributed by atoms with van der Waals surface area (Å²) in [5.41, 5.74) is 4.11. The SMILES string of the molecule is Br.COc1cc(OCC2CC2)c(-c2cn3ccc(N4CCCC4)cc3n2)cc1Br. The van der Waals surface area contributed by atoms with Gasteiger partial charge in [-0.1, -0.05) is 0 Å². The van der Waals surface area contributed by atoms with Crippen molar-refractivity contribution >= 4 is 44.2 Å². The summed E-state index contributed by atoms with van der Waals surface area (Å²) in [4.78, 5) is 7.34. The van der Waals surface area contributed by atoms with Crippen LogP contribution in [0.25, 0.3) is 16.9 Å². The van der Waals surface area contributed by atoms with E-state index in [1.165, 1.54) is 31.4 Å². The molecule has 154 valence electrons. The van der Waals surface area contributed by atoms with Gasteiger partial charge in [0.05, 0.1) is 23.9 Å². The van der Waals surface area contributed by atoms with Crippen LogP contribution in [0.1, 0.15) is 25.7 Å². The van der Waals surface area contributed by atoms with Crippen LogP contribution in [0.2, 0.25) is 0 Å². The molecule has 0 amide bonds. The first-order valence-corrected chi connectivity index (χ1v) is 10.7. The van der Waals surface area contributed by atoms with E-state index in [4.69, 9.17) is 14.5 Å². The van der Waals surface area contributed by atoms with Gasteiger partial charge in [-0.2, -0.15) is 0 Å². The minimum atomic E-state index is 0. The summed E-state index contributed by atoms with van der Waals surface area (Å²) in [5.74, 6) is 2.29. The molecule has 5 nitrogen and oxygen atoms in total. The molecular weight excluding hydrogens is 498 g/mol. The zero-order valence-electron chi connectivity index (χ0n) is 16.4. The maximum absolute atomic E-state index is 6.16. The molecule has 5 rings (SSSR count). The standard InChI is InChI=1S/C22H24BrN3O2.BrH/c1-27-21-12-20(28-14-15-4-5-15)17(11-18(21)23)19-13-26-9-6-16(10-22(26)24-19)25-7-2-3-8-25;/h6,9-13,15H,2-5,7-8,14H2,1H3;1H. The maximum Gasteiger partial charge on any atom is 0.139 e. The second-order valence-electron chi connectivity index (χ2n) is 7.71. The molecule has 1 aliphatic carbocycles. The average molecular weight is 523 g/mol. The van der Waals surface area contributed by atoms with Crippen LogP contribution in [0.3, 0.4) is 0 Å². The van der Waals surface area contributed by atoms with Gasteiger partial charge >= 0.3 is 0 Å². The predicted molar refractivity (Wildman–Crippen MR) is 125 cm³/mol. The number of aromatic nitrogens is 2. The fourth-order valence-electron chi connectivity index (χ4n) is 3.78. The molecule has 3 heterocycles. The number of rotatable bonds is 6. The van der Waals surface area contributed by atoms with Crippen LogP contribution in [-0.4, -0.2) is 36.2 Å². The number of fused-ring (bicyclic) bond motifs is 1. The molecule has 0 bridgehead atoms. The number of anilines is 1. The molecule has 0 radical (unpaired) electrons. The second-order valence-corrected chi connectivity index (χ2v) is 8.56. The Hall–Kier alpha value is -1.73. The summed E-state index contributed by atoms with van der Waals surface area (Å²) in [6, 6.07) is 8.36. The lowest BCUT2D eigenvalue weighted by Crippen LogP contribution is -2.17. The third-order valence-corrected chi connectivity index (χ3v) is 6.24. The predicted octanol–water partition coefficient (Wildman–Crippen LogP) is 5.74. The number of methoxy groups -OCH3 is 1. The van der Waals surface area contributed by atoms with E-state index < -0.39 is 0 Å². The minimum Gasteiger partial charge on any atom is -0.495 e. The quantitative estimate of drug-likeness (QED) is 0.414. The van der Waals surface area contributed by atoms with Crippen LogP contribution in [0.15, 0.2) is 41.1 Å².